The molecular weight excluding hydrogens is 731 g/mol. The van der Waals surface area contributed by atoms with Crippen LogP contribution in [0.3, 0.4) is 0 Å². The van der Waals surface area contributed by atoms with Gasteiger partial charge in [-0.2, -0.15) is 0 Å². The van der Waals surface area contributed by atoms with Gasteiger partial charge in [-0.25, -0.2) is 20.2 Å². The first kappa shape index (κ1) is 36.6. The minimum atomic E-state index is -5.46. The summed E-state index contributed by atoms with van der Waals surface area (Å²) in [7, 11) is 0. The normalized spacial score (nSPS) is 15.1. The Kier molecular flexibility index (Phi) is 8.89. The summed E-state index contributed by atoms with van der Waals surface area (Å²) >= 11 is 0. The van der Waals surface area contributed by atoms with Crippen LogP contribution >= 0.6 is 0 Å². The average Bonchev–Trinajstić information content (AvgIpc) is 3.59. The third kappa shape index (κ3) is 6.65. The van der Waals surface area contributed by atoms with Gasteiger partial charge in [-0.1, -0.05) is 54.6 Å². The number of alkyl halides is 9. The number of benzene rings is 4. The van der Waals surface area contributed by atoms with Crippen molar-refractivity contribution in [2.45, 2.75) is 26.0 Å². The van der Waals surface area contributed by atoms with E-state index in [9.17, 15) is 50.0 Å². The Morgan fingerprint density at radius 1 is 0.556 bits per heavy atom. The Morgan fingerprint density at radius 2 is 0.944 bits per heavy atom. The van der Waals surface area contributed by atoms with Gasteiger partial charge < -0.3 is 14.2 Å². The fourth-order valence-electron chi connectivity index (χ4n) is 6.42. The molecule has 0 unspecified atom stereocenters. The number of ether oxygens (including phenoxy) is 3. The van der Waals surface area contributed by atoms with Crippen molar-refractivity contribution in [2.75, 3.05) is 0 Å². The Balaban J connectivity index is 1.72. The van der Waals surface area contributed by atoms with Crippen LogP contribution in [0.4, 0.5) is 39.5 Å². The summed E-state index contributed by atoms with van der Waals surface area (Å²) in [5.74, 6) is -3.22. The molecule has 0 N–H and O–H groups in total. The van der Waals surface area contributed by atoms with Crippen LogP contribution in [0, 0.1) is 42.7 Å². The maximum Gasteiger partial charge on any atom is 0.573 e. The fraction of sp³-hybridized carbons (Fsp3) is 0.105. The monoisotopic (exact) mass is 746 g/mol. The molecular formula is C38H15F9N4O3. The molecule has 0 radical (unpaired) electrons. The molecule has 16 heteroatoms. The predicted octanol–water partition coefficient (Wildman–Crippen LogP) is 11.3. The number of nitriles is 2. The van der Waals surface area contributed by atoms with E-state index in [0.29, 0.717) is 12.1 Å². The first-order valence-electron chi connectivity index (χ1n) is 15.0. The SMILES string of the molecule is [C-]#[N+]/C(C#N)=C1C2=C(/C(=C(\C#N)[N+]#[C-])c3cccc(-c4ccc(OC(F)(F)F)c(OC(F)(F)F)c4)c32)c2c\1cccc2-c1ccc(C)c(OC(F)(F)F)c1. The molecule has 0 spiro atoms. The van der Waals surface area contributed by atoms with Gasteiger partial charge in [0, 0.05) is 11.1 Å². The van der Waals surface area contributed by atoms with Crippen LogP contribution in [-0.2, 0) is 0 Å². The van der Waals surface area contributed by atoms with Crippen molar-refractivity contribution >= 4 is 22.3 Å². The lowest BCUT2D eigenvalue weighted by molar-refractivity contribution is -0.287. The van der Waals surface area contributed by atoms with E-state index in [1.165, 1.54) is 55.5 Å². The highest BCUT2D eigenvalue weighted by atomic mass is 19.4. The molecule has 4 aromatic carbocycles. The summed E-state index contributed by atoms with van der Waals surface area (Å²) in [5.41, 5.74) is 0.0803. The Morgan fingerprint density at radius 3 is 1.37 bits per heavy atom. The second kappa shape index (κ2) is 13.1. The van der Waals surface area contributed by atoms with Gasteiger partial charge in [0.2, 0.25) is 0 Å². The fourth-order valence-corrected chi connectivity index (χ4v) is 6.42. The number of hydrogen-bond acceptors (Lipinski definition) is 5. The molecule has 4 aromatic rings. The first-order chi connectivity index (χ1) is 25.4. The van der Waals surface area contributed by atoms with Gasteiger partial charge in [0.1, 0.15) is 5.75 Å². The molecule has 0 aromatic heterocycles. The molecule has 0 saturated heterocycles. The molecule has 0 aliphatic heterocycles. The standard InChI is InChI=1S/C38H15F9N4O3/c1-18-10-11-19(14-28(18)53-37(42,43)44)21-6-4-8-23-30(21)34-33(26(17-49)51-3)24-9-5-7-22(31(24)35(34)32(23)25(16-48)50-2)20-12-13-27(52-36(39,40)41)29(15-20)54-38(45,46)47/h4-15H,1H3/b32-25-,33-26+. The quantitative estimate of drug-likeness (QED) is 0.115. The summed E-state index contributed by atoms with van der Waals surface area (Å²) in [6.07, 6.45) is -15.9. The van der Waals surface area contributed by atoms with E-state index in [2.05, 4.69) is 23.9 Å². The molecule has 0 heterocycles. The molecule has 6 rings (SSSR count). The number of halogens is 9. The Bertz CT molecular complexity index is 2520. The van der Waals surface area contributed by atoms with Crippen molar-refractivity contribution in [3.05, 3.63) is 135 Å². The molecule has 0 saturated carbocycles. The highest BCUT2D eigenvalue weighted by molar-refractivity contribution is 6.39. The number of nitrogens with zero attached hydrogens (tertiary/aromatic N) is 4. The van der Waals surface area contributed by atoms with E-state index in [1.807, 2.05) is 12.1 Å². The van der Waals surface area contributed by atoms with Crippen LogP contribution in [0.2, 0.25) is 0 Å². The lowest BCUT2D eigenvalue weighted by Crippen LogP contribution is -2.21. The zero-order chi connectivity index (χ0) is 39.3. The molecule has 0 fully saturated rings. The third-order valence-corrected chi connectivity index (χ3v) is 8.26. The Labute approximate surface area is 298 Å². The van der Waals surface area contributed by atoms with Crippen molar-refractivity contribution in [1.29, 1.82) is 10.5 Å². The second-order valence-corrected chi connectivity index (χ2v) is 11.4. The lowest BCUT2D eigenvalue weighted by Gasteiger charge is -2.19. The first-order valence-corrected chi connectivity index (χ1v) is 15.0. The van der Waals surface area contributed by atoms with Crippen molar-refractivity contribution in [2.24, 2.45) is 0 Å². The molecule has 0 atom stereocenters. The highest BCUT2D eigenvalue weighted by Gasteiger charge is 2.43. The molecule has 0 bridgehead atoms. The molecule has 54 heavy (non-hydrogen) atoms. The molecule has 7 nitrogen and oxygen atoms in total. The maximum atomic E-state index is 13.4. The van der Waals surface area contributed by atoms with Crippen LogP contribution in [0.15, 0.2) is 84.2 Å². The lowest BCUT2D eigenvalue weighted by atomic mass is 9.85. The van der Waals surface area contributed by atoms with Gasteiger partial charge in [-0.3, -0.25) is 0 Å². The van der Waals surface area contributed by atoms with Gasteiger partial charge in [0.05, 0.1) is 25.3 Å². The van der Waals surface area contributed by atoms with Crippen molar-refractivity contribution in [3.63, 3.8) is 0 Å². The van der Waals surface area contributed by atoms with Crippen LogP contribution in [0.25, 0.3) is 54.2 Å². The highest BCUT2D eigenvalue weighted by Crippen LogP contribution is 2.62. The maximum absolute atomic E-state index is 13.4. The second-order valence-electron chi connectivity index (χ2n) is 11.4. The average molecular weight is 747 g/mol. The smallest absolute Gasteiger partial charge is 0.405 e. The van der Waals surface area contributed by atoms with Gasteiger partial charge in [-0.15, -0.1) is 39.5 Å². The minimum Gasteiger partial charge on any atom is -0.405 e. The molecule has 2 aliphatic rings. The topological polar surface area (TPSA) is 84.0 Å². The van der Waals surface area contributed by atoms with E-state index in [1.54, 1.807) is 0 Å². The van der Waals surface area contributed by atoms with Crippen molar-refractivity contribution < 1.29 is 53.7 Å². The summed E-state index contributed by atoms with van der Waals surface area (Å²) < 4.78 is 132. The summed E-state index contributed by atoms with van der Waals surface area (Å²) in [6, 6.07) is 18.6. The van der Waals surface area contributed by atoms with Gasteiger partial charge >= 0.3 is 19.1 Å². The van der Waals surface area contributed by atoms with Gasteiger partial charge in [0.15, 0.2) is 11.5 Å². The van der Waals surface area contributed by atoms with Crippen molar-refractivity contribution in [3.8, 4) is 51.6 Å². The number of aryl methyl sites for hydroxylation is 1. The van der Waals surface area contributed by atoms with E-state index in [-0.39, 0.29) is 72.4 Å². The van der Waals surface area contributed by atoms with Crippen molar-refractivity contribution in [1.82, 2.24) is 0 Å². The molecule has 268 valence electrons. The number of fused-ring (bicyclic) bond motifs is 4. The minimum absolute atomic E-state index is 0.0215. The third-order valence-electron chi connectivity index (χ3n) is 8.26. The van der Waals surface area contributed by atoms with Gasteiger partial charge in [0.25, 0.3) is 11.4 Å². The molecule has 0 amide bonds. The van der Waals surface area contributed by atoms with Crippen LogP contribution < -0.4 is 14.2 Å². The van der Waals surface area contributed by atoms with Crippen LogP contribution in [-0.4, -0.2) is 19.1 Å². The van der Waals surface area contributed by atoms with Gasteiger partial charge in [-0.05, 0) is 86.3 Å². The van der Waals surface area contributed by atoms with E-state index in [0.717, 1.165) is 12.1 Å². The van der Waals surface area contributed by atoms with Crippen LogP contribution in [0.1, 0.15) is 27.8 Å². The number of allylic oxidation sites excluding steroid dienone is 6. The summed E-state index contributed by atoms with van der Waals surface area (Å²) in [6.45, 7) is 17.1. The summed E-state index contributed by atoms with van der Waals surface area (Å²) in [5, 5.41) is 20.3. The largest absolute Gasteiger partial charge is 0.573 e. The number of hydrogen-bond donors (Lipinski definition) is 0. The molecule has 2 aliphatic carbocycles. The van der Waals surface area contributed by atoms with E-state index >= 15 is 0 Å². The number of rotatable bonds is 5. The Hall–Kier alpha value is -7.17. The van der Waals surface area contributed by atoms with Crippen LogP contribution in [0.5, 0.6) is 17.2 Å². The zero-order valence-corrected chi connectivity index (χ0v) is 26.8. The predicted molar refractivity (Wildman–Crippen MR) is 174 cm³/mol. The van der Waals surface area contributed by atoms with E-state index < -0.39 is 47.7 Å². The summed E-state index contributed by atoms with van der Waals surface area (Å²) in [4.78, 5) is 6.76. The zero-order valence-electron chi connectivity index (χ0n) is 26.8. The van der Waals surface area contributed by atoms with E-state index in [4.69, 9.17) is 13.1 Å².